The van der Waals surface area contributed by atoms with Crippen molar-refractivity contribution >= 4 is 5.91 Å². The van der Waals surface area contributed by atoms with Crippen molar-refractivity contribution < 1.29 is 4.79 Å². The number of benzene rings is 2. The molecule has 1 aliphatic carbocycles. The molecule has 1 amide bonds. The molecule has 27 heavy (non-hydrogen) atoms. The molecule has 3 heteroatoms. The summed E-state index contributed by atoms with van der Waals surface area (Å²) in [6.07, 6.45) is 6.10. The highest BCUT2D eigenvalue weighted by Gasteiger charge is 2.48. The highest BCUT2D eigenvalue weighted by Crippen LogP contribution is 2.46. The van der Waals surface area contributed by atoms with Crippen molar-refractivity contribution in [3.8, 4) is 0 Å². The number of carbonyl (C=O) groups excluding carboxylic acids is 1. The Bertz CT molecular complexity index is 804. The van der Waals surface area contributed by atoms with E-state index in [1.54, 1.807) is 0 Å². The van der Waals surface area contributed by atoms with E-state index in [1.165, 1.54) is 37.7 Å². The maximum absolute atomic E-state index is 13.3. The molecule has 1 heterocycles. The van der Waals surface area contributed by atoms with Crippen LogP contribution in [0.1, 0.15) is 65.2 Å². The molecule has 1 unspecified atom stereocenters. The number of aryl methyl sites for hydroxylation is 1. The van der Waals surface area contributed by atoms with Gasteiger partial charge in [-0.25, -0.2) is 0 Å². The maximum Gasteiger partial charge on any atom is 0.252 e. The number of nitrogens with zero attached hydrogens (tertiary/aromatic N) is 1. The Kier molecular flexibility index (Phi) is 5.05. The summed E-state index contributed by atoms with van der Waals surface area (Å²) in [6, 6.07) is 16.6. The van der Waals surface area contributed by atoms with Gasteiger partial charge in [0.05, 0.1) is 6.04 Å². The summed E-state index contributed by atoms with van der Waals surface area (Å²) < 4.78 is 0. The largest absolute Gasteiger partial charge is 0.343 e. The van der Waals surface area contributed by atoms with Gasteiger partial charge in [-0.1, -0.05) is 55.3 Å². The van der Waals surface area contributed by atoms with Gasteiger partial charge >= 0.3 is 0 Å². The predicted molar refractivity (Wildman–Crippen MR) is 110 cm³/mol. The first-order chi connectivity index (χ1) is 13.1. The smallest absolute Gasteiger partial charge is 0.252 e. The van der Waals surface area contributed by atoms with Crippen LogP contribution in [0.4, 0.5) is 0 Å². The number of nitrogens with one attached hydrogen (secondary N) is 1. The van der Waals surface area contributed by atoms with Crippen LogP contribution in [0.25, 0.3) is 0 Å². The van der Waals surface area contributed by atoms with E-state index in [0.717, 1.165) is 29.8 Å². The minimum Gasteiger partial charge on any atom is -0.343 e. The van der Waals surface area contributed by atoms with Crippen LogP contribution in [-0.4, -0.2) is 29.4 Å². The van der Waals surface area contributed by atoms with Crippen LogP contribution in [0.5, 0.6) is 0 Å². The molecular weight excluding hydrogens is 332 g/mol. The molecule has 2 aliphatic rings. The SMILES string of the molecule is Cc1cccc(C(=O)NC(c2ccccc2)C2(N3CCC3)CCCC2)c1C. The molecule has 1 atom stereocenters. The lowest BCUT2D eigenvalue weighted by atomic mass is 9.79. The lowest BCUT2D eigenvalue weighted by molar-refractivity contribution is 0.00360. The van der Waals surface area contributed by atoms with E-state index in [-0.39, 0.29) is 17.5 Å². The van der Waals surface area contributed by atoms with Gasteiger partial charge in [-0.3, -0.25) is 9.69 Å². The first-order valence-corrected chi connectivity index (χ1v) is 10.3. The Labute approximate surface area is 162 Å². The van der Waals surface area contributed by atoms with E-state index in [4.69, 9.17) is 0 Å². The van der Waals surface area contributed by atoms with Gasteiger partial charge in [0.1, 0.15) is 0 Å². The van der Waals surface area contributed by atoms with E-state index >= 15 is 0 Å². The van der Waals surface area contributed by atoms with E-state index in [1.807, 2.05) is 19.1 Å². The van der Waals surface area contributed by atoms with E-state index in [2.05, 4.69) is 53.5 Å². The molecule has 3 nitrogen and oxygen atoms in total. The summed E-state index contributed by atoms with van der Waals surface area (Å²) >= 11 is 0. The summed E-state index contributed by atoms with van der Waals surface area (Å²) in [4.78, 5) is 15.9. The van der Waals surface area contributed by atoms with Crippen molar-refractivity contribution in [3.05, 3.63) is 70.8 Å². The lowest BCUT2D eigenvalue weighted by Gasteiger charge is -2.51. The van der Waals surface area contributed by atoms with Crippen molar-refractivity contribution in [2.45, 2.75) is 57.5 Å². The summed E-state index contributed by atoms with van der Waals surface area (Å²) in [7, 11) is 0. The predicted octanol–water partition coefficient (Wildman–Crippen LogP) is 4.79. The van der Waals surface area contributed by atoms with Gasteiger partial charge in [0.15, 0.2) is 0 Å². The van der Waals surface area contributed by atoms with Crippen molar-refractivity contribution in [1.29, 1.82) is 0 Å². The Morgan fingerprint density at radius 1 is 0.963 bits per heavy atom. The normalized spacial score (nSPS) is 20.1. The van der Waals surface area contributed by atoms with Crippen molar-refractivity contribution in [2.24, 2.45) is 0 Å². The summed E-state index contributed by atoms with van der Waals surface area (Å²) in [5.74, 6) is 0.0526. The number of carbonyl (C=O) groups is 1. The molecule has 4 rings (SSSR count). The third-order valence-corrected chi connectivity index (χ3v) is 6.75. The van der Waals surface area contributed by atoms with Crippen LogP contribution in [0.3, 0.4) is 0 Å². The lowest BCUT2D eigenvalue weighted by Crippen LogP contribution is -2.60. The fraction of sp³-hybridized carbons (Fsp3) is 0.458. The standard InChI is InChI=1S/C24H30N2O/c1-18-10-8-13-21(19(18)2)23(27)25-22(20-11-4-3-5-12-20)24(14-6-7-15-24)26-16-9-17-26/h3-5,8,10-13,22H,6-7,9,14-17H2,1-2H3,(H,25,27). The summed E-state index contributed by atoms with van der Waals surface area (Å²) in [5.41, 5.74) is 4.33. The number of likely N-dealkylation sites (tertiary alicyclic amines) is 1. The van der Waals surface area contributed by atoms with Gasteiger partial charge in [-0.05, 0) is 55.9 Å². The highest BCUT2D eigenvalue weighted by atomic mass is 16.1. The zero-order chi connectivity index (χ0) is 18.9. The van der Waals surface area contributed by atoms with Crippen LogP contribution in [-0.2, 0) is 0 Å². The summed E-state index contributed by atoms with van der Waals surface area (Å²) in [6.45, 7) is 6.42. The van der Waals surface area contributed by atoms with E-state index in [9.17, 15) is 4.79 Å². The number of hydrogen-bond donors (Lipinski definition) is 1. The third kappa shape index (κ3) is 3.29. The molecular formula is C24H30N2O. The Balaban J connectivity index is 1.70. The van der Waals surface area contributed by atoms with Gasteiger partial charge in [-0.15, -0.1) is 0 Å². The molecule has 1 saturated carbocycles. The molecule has 1 saturated heterocycles. The van der Waals surface area contributed by atoms with E-state index < -0.39 is 0 Å². The first kappa shape index (κ1) is 18.2. The maximum atomic E-state index is 13.3. The monoisotopic (exact) mass is 362 g/mol. The van der Waals surface area contributed by atoms with Crippen molar-refractivity contribution in [3.63, 3.8) is 0 Å². The molecule has 2 aromatic carbocycles. The number of rotatable bonds is 5. The second kappa shape index (κ2) is 7.47. The summed E-state index contributed by atoms with van der Waals surface area (Å²) in [5, 5.41) is 3.47. The van der Waals surface area contributed by atoms with Crippen LogP contribution < -0.4 is 5.32 Å². The molecule has 142 valence electrons. The molecule has 2 fully saturated rings. The Morgan fingerprint density at radius 2 is 1.67 bits per heavy atom. The second-order valence-corrected chi connectivity index (χ2v) is 8.22. The van der Waals surface area contributed by atoms with Crippen LogP contribution >= 0.6 is 0 Å². The van der Waals surface area contributed by atoms with Gasteiger partial charge in [-0.2, -0.15) is 0 Å². The number of amides is 1. The quantitative estimate of drug-likeness (QED) is 0.829. The van der Waals surface area contributed by atoms with Crippen molar-refractivity contribution in [1.82, 2.24) is 10.2 Å². The fourth-order valence-corrected chi connectivity index (χ4v) is 4.92. The van der Waals surface area contributed by atoms with Gasteiger partial charge in [0.2, 0.25) is 0 Å². The van der Waals surface area contributed by atoms with Gasteiger partial charge in [0, 0.05) is 24.2 Å². The van der Waals surface area contributed by atoms with Crippen molar-refractivity contribution in [2.75, 3.05) is 13.1 Å². The molecule has 2 aromatic rings. The fourth-order valence-electron chi connectivity index (χ4n) is 4.92. The molecule has 0 aromatic heterocycles. The minimum absolute atomic E-state index is 0.0360. The molecule has 1 N–H and O–H groups in total. The Hall–Kier alpha value is -2.13. The minimum atomic E-state index is 0.0360. The van der Waals surface area contributed by atoms with Gasteiger partial charge in [0.25, 0.3) is 5.91 Å². The Morgan fingerprint density at radius 3 is 2.30 bits per heavy atom. The molecule has 0 bridgehead atoms. The van der Waals surface area contributed by atoms with Crippen LogP contribution in [0.2, 0.25) is 0 Å². The topological polar surface area (TPSA) is 32.3 Å². The van der Waals surface area contributed by atoms with Gasteiger partial charge < -0.3 is 5.32 Å². The molecule has 0 spiro atoms. The van der Waals surface area contributed by atoms with Crippen LogP contribution in [0, 0.1) is 13.8 Å². The zero-order valence-corrected chi connectivity index (χ0v) is 16.5. The highest BCUT2D eigenvalue weighted by molar-refractivity contribution is 5.96. The zero-order valence-electron chi connectivity index (χ0n) is 16.5. The molecule has 1 aliphatic heterocycles. The van der Waals surface area contributed by atoms with Crippen LogP contribution in [0.15, 0.2) is 48.5 Å². The average Bonchev–Trinajstić information content (AvgIpc) is 3.11. The first-order valence-electron chi connectivity index (χ1n) is 10.3. The third-order valence-electron chi connectivity index (χ3n) is 6.75. The van der Waals surface area contributed by atoms with E-state index in [0.29, 0.717) is 0 Å². The number of hydrogen-bond acceptors (Lipinski definition) is 2. The second-order valence-electron chi connectivity index (χ2n) is 8.22. The molecule has 0 radical (unpaired) electrons. The average molecular weight is 363 g/mol.